The zero-order chi connectivity index (χ0) is 48.9. The Morgan fingerprint density at radius 2 is 1.52 bits per heavy atom. The lowest BCUT2D eigenvalue weighted by Crippen LogP contribution is -2.47. The minimum absolute atomic E-state index is 0.0395. The van der Waals surface area contributed by atoms with Gasteiger partial charge in [-0.25, -0.2) is 24.2 Å². The number of alkyl carbamates (subject to hydrolysis) is 2. The molecule has 2 atom stereocenters. The number of amidine groups is 1. The zero-order valence-electron chi connectivity index (χ0n) is 38.6. The number of methoxy groups -OCH3 is 1. The molecular weight excluding hydrogens is 857 g/mol. The standard InChI is InChI=1S/C47H58N6O13/c1-11-29-22-34(33(23-36(29)61-10)32-18-19-35(41(55)49-24-28-12-13-28)51-38(32)44(58)65-27(6)64-42(56)26(4)5)40(54)50-31-16-14-30(15-17-31)39(48)53-45(59)63-21-20-62-43(57)37(25(2)3)52-46(60)66-47(7,8)9/h11,14-19,22-23,25-28,37H,1,12-13,20-21,24H2,2-10H3,(H,49,55)(H,50,54)(H,52,60)(H2,48,53,59). The van der Waals surface area contributed by atoms with Crippen molar-refractivity contribution in [2.75, 3.05) is 32.2 Å². The van der Waals surface area contributed by atoms with E-state index in [0.29, 0.717) is 23.8 Å². The fourth-order valence-corrected chi connectivity index (χ4v) is 5.91. The van der Waals surface area contributed by atoms with Gasteiger partial charge in [-0.15, -0.1) is 0 Å². The SMILES string of the molecule is C=Cc1cc(C(=O)Nc2ccc(C(=N)NC(=O)OCCOC(=O)C(NC(=O)OC(C)(C)C)C(C)C)cc2)c(-c2ccc(C(=O)NCC3CC3)nc2C(=O)OC(C)OC(=O)C(C)C)cc1OC. The molecule has 66 heavy (non-hydrogen) atoms. The molecule has 0 radical (unpaired) electrons. The summed E-state index contributed by atoms with van der Waals surface area (Å²) in [6.07, 6.45) is 0.363. The Bertz CT molecular complexity index is 2320. The first-order chi connectivity index (χ1) is 31.1. The summed E-state index contributed by atoms with van der Waals surface area (Å²) >= 11 is 0. The van der Waals surface area contributed by atoms with Crippen LogP contribution in [0.15, 0.2) is 55.1 Å². The van der Waals surface area contributed by atoms with Crippen molar-refractivity contribution < 1.29 is 62.0 Å². The first-order valence-corrected chi connectivity index (χ1v) is 21.3. The quantitative estimate of drug-likeness (QED) is 0.0211. The Hall–Kier alpha value is -7.31. The minimum Gasteiger partial charge on any atom is -0.496 e. The van der Waals surface area contributed by atoms with E-state index in [-0.39, 0.29) is 64.3 Å². The molecule has 3 aromatic rings. The number of anilines is 1. The van der Waals surface area contributed by atoms with Crippen LogP contribution < -0.4 is 26.0 Å². The number of pyridine rings is 1. The van der Waals surface area contributed by atoms with Crippen molar-refractivity contribution >= 4 is 59.5 Å². The molecule has 4 amide bonds. The predicted octanol–water partition coefficient (Wildman–Crippen LogP) is 6.64. The number of hydrogen-bond donors (Lipinski definition) is 5. The van der Waals surface area contributed by atoms with Crippen molar-refractivity contribution in [1.82, 2.24) is 20.9 Å². The number of esters is 3. The highest BCUT2D eigenvalue weighted by Crippen LogP contribution is 2.35. The number of nitrogens with zero attached hydrogens (tertiary/aromatic N) is 1. The lowest BCUT2D eigenvalue weighted by Gasteiger charge is -2.24. The highest BCUT2D eigenvalue weighted by molar-refractivity contribution is 6.11. The highest BCUT2D eigenvalue weighted by atomic mass is 16.7. The first kappa shape index (κ1) is 51.3. The number of rotatable bonds is 19. The van der Waals surface area contributed by atoms with Crippen LogP contribution in [0.3, 0.4) is 0 Å². The number of benzene rings is 2. The third-order valence-corrected chi connectivity index (χ3v) is 9.53. The molecule has 0 saturated heterocycles. The molecular formula is C47H58N6O13. The van der Waals surface area contributed by atoms with Crippen molar-refractivity contribution in [2.45, 2.75) is 86.2 Å². The fraction of sp³-hybridized carbons (Fsp3) is 0.426. The summed E-state index contributed by atoms with van der Waals surface area (Å²) in [5, 5.41) is 18.7. The van der Waals surface area contributed by atoms with Gasteiger partial charge in [0.05, 0.1) is 13.0 Å². The van der Waals surface area contributed by atoms with Gasteiger partial charge in [-0.05, 0) is 94.0 Å². The maximum Gasteiger partial charge on any atom is 0.412 e. The van der Waals surface area contributed by atoms with Gasteiger partial charge >= 0.3 is 30.1 Å². The van der Waals surface area contributed by atoms with Crippen molar-refractivity contribution in [3.05, 3.63) is 83.2 Å². The second-order valence-electron chi connectivity index (χ2n) is 16.9. The molecule has 19 heteroatoms. The normalized spacial score (nSPS) is 13.0. The van der Waals surface area contributed by atoms with Crippen molar-refractivity contribution in [1.29, 1.82) is 5.41 Å². The molecule has 354 valence electrons. The van der Waals surface area contributed by atoms with Crippen LogP contribution >= 0.6 is 0 Å². The van der Waals surface area contributed by atoms with E-state index < -0.39 is 65.8 Å². The smallest absolute Gasteiger partial charge is 0.412 e. The van der Waals surface area contributed by atoms with Gasteiger partial charge < -0.3 is 44.4 Å². The lowest BCUT2D eigenvalue weighted by molar-refractivity contribution is -0.169. The van der Waals surface area contributed by atoms with E-state index in [1.54, 1.807) is 48.5 Å². The minimum atomic E-state index is -1.32. The van der Waals surface area contributed by atoms with Gasteiger partial charge in [0.2, 0.25) is 6.29 Å². The van der Waals surface area contributed by atoms with Crippen LogP contribution in [0.1, 0.15) is 111 Å². The summed E-state index contributed by atoms with van der Waals surface area (Å²) < 4.78 is 31.8. The van der Waals surface area contributed by atoms with Gasteiger partial charge in [-0.1, -0.05) is 40.3 Å². The molecule has 1 heterocycles. The molecule has 1 aliphatic carbocycles. The number of nitrogens with one attached hydrogen (secondary N) is 5. The summed E-state index contributed by atoms with van der Waals surface area (Å²) in [5.41, 5.74) is 0.0606. The molecule has 0 spiro atoms. The summed E-state index contributed by atoms with van der Waals surface area (Å²) in [6.45, 7) is 16.7. The van der Waals surface area contributed by atoms with Gasteiger partial charge in [0.1, 0.15) is 42.1 Å². The average molecular weight is 915 g/mol. The zero-order valence-corrected chi connectivity index (χ0v) is 38.6. The van der Waals surface area contributed by atoms with E-state index in [2.05, 4.69) is 32.8 Å². The molecule has 2 unspecified atom stereocenters. The van der Waals surface area contributed by atoms with Gasteiger partial charge in [0, 0.05) is 47.0 Å². The first-order valence-electron chi connectivity index (χ1n) is 21.3. The van der Waals surface area contributed by atoms with Crippen LogP contribution in [0.2, 0.25) is 0 Å². The largest absolute Gasteiger partial charge is 0.496 e. The number of carbonyl (C=O) groups excluding carboxylic acids is 7. The number of amides is 4. The molecule has 2 aromatic carbocycles. The average Bonchev–Trinajstić information content (AvgIpc) is 4.09. The van der Waals surface area contributed by atoms with Crippen LogP contribution in [0.4, 0.5) is 15.3 Å². The van der Waals surface area contributed by atoms with Crippen molar-refractivity contribution in [3.63, 3.8) is 0 Å². The number of aromatic nitrogens is 1. The van der Waals surface area contributed by atoms with Crippen molar-refractivity contribution in [3.8, 4) is 16.9 Å². The molecule has 5 N–H and O–H groups in total. The van der Waals surface area contributed by atoms with E-state index in [1.165, 1.54) is 68.6 Å². The topological polar surface area (TPSA) is 260 Å². The maximum atomic E-state index is 14.1. The maximum absolute atomic E-state index is 14.1. The number of carbonyl (C=O) groups is 7. The molecule has 0 bridgehead atoms. The fourth-order valence-electron chi connectivity index (χ4n) is 5.91. The van der Waals surface area contributed by atoms with Crippen LogP contribution in [-0.4, -0.2) is 97.5 Å². The van der Waals surface area contributed by atoms with Gasteiger partial charge in [-0.3, -0.25) is 25.1 Å². The highest BCUT2D eigenvalue weighted by Gasteiger charge is 2.30. The summed E-state index contributed by atoms with van der Waals surface area (Å²) in [6, 6.07) is 10.8. The van der Waals surface area contributed by atoms with E-state index in [1.807, 2.05) is 0 Å². The van der Waals surface area contributed by atoms with Crippen LogP contribution in [0, 0.1) is 23.2 Å². The van der Waals surface area contributed by atoms with Gasteiger partial charge in [0.15, 0.2) is 5.69 Å². The molecule has 1 aliphatic rings. The molecule has 19 nitrogen and oxygen atoms in total. The summed E-state index contributed by atoms with van der Waals surface area (Å²) in [7, 11) is 1.42. The Morgan fingerprint density at radius 3 is 2.11 bits per heavy atom. The van der Waals surface area contributed by atoms with Gasteiger partial charge in [-0.2, -0.15) is 0 Å². The summed E-state index contributed by atoms with van der Waals surface area (Å²) in [5.74, 6) is -4.06. The van der Waals surface area contributed by atoms with E-state index in [9.17, 15) is 33.6 Å². The Morgan fingerprint density at radius 1 is 0.848 bits per heavy atom. The van der Waals surface area contributed by atoms with Crippen molar-refractivity contribution in [2.24, 2.45) is 17.8 Å². The second kappa shape index (κ2) is 23.0. The lowest BCUT2D eigenvalue weighted by atomic mass is 9.94. The van der Waals surface area contributed by atoms with Crippen LogP contribution in [0.25, 0.3) is 17.2 Å². The van der Waals surface area contributed by atoms with E-state index >= 15 is 0 Å². The number of hydrogen-bond acceptors (Lipinski definition) is 15. The summed E-state index contributed by atoms with van der Waals surface area (Å²) in [4.78, 5) is 95.0. The van der Waals surface area contributed by atoms with Crippen LogP contribution in [-0.2, 0) is 33.3 Å². The number of ether oxygens (including phenoxy) is 6. The molecule has 1 fully saturated rings. The van der Waals surface area contributed by atoms with E-state index in [4.69, 9.17) is 33.8 Å². The third kappa shape index (κ3) is 15.2. The third-order valence-electron chi connectivity index (χ3n) is 9.53. The molecule has 1 saturated carbocycles. The second-order valence-corrected chi connectivity index (χ2v) is 16.9. The van der Waals surface area contributed by atoms with E-state index in [0.717, 1.165) is 12.8 Å². The van der Waals surface area contributed by atoms with Gasteiger partial charge in [0.25, 0.3) is 11.8 Å². The molecule has 1 aromatic heterocycles. The molecule has 4 rings (SSSR count). The Balaban J connectivity index is 1.48. The monoisotopic (exact) mass is 914 g/mol. The predicted molar refractivity (Wildman–Crippen MR) is 242 cm³/mol. The Labute approximate surface area is 383 Å². The van der Waals surface area contributed by atoms with Crippen LogP contribution in [0.5, 0.6) is 5.75 Å². The molecule has 0 aliphatic heterocycles. The Kier molecular flexibility index (Phi) is 17.9.